The number of benzene rings is 1. The number of nitrogens with zero attached hydrogens (tertiary/aromatic N) is 7. The van der Waals surface area contributed by atoms with Crippen LogP contribution in [0.15, 0.2) is 65.7 Å². The molecule has 5 aromatic rings. The molecule has 6 rings (SSSR count). The van der Waals surface area contributed by atoms with Crippen molar-refractivity contribution in [2.75, 3.05) is 11.4 Å². The van der Waals surface area contributed by atoms with Crippen molar-refractivity contribution >= 4 is 40.1 Å². The van der Waals surface area contributed by atoms with Gasteiger partial charge < -0.3 is 4.90 Å². The van der Waals surface area contributed by atoms with Gasteiger partial charge in [0, 0.05) is 18.9 Å². The highest BCUT2D eigenvalue weighted by atomic mass is 35.5. The van der Waals surface area contributed by atoms with Crippen LogP contribution in [0.1, 0.15) is 18.3 Å². The lowest BCUT2D eigenvalue weighted by Crippen LogP contribution is -2.45. The van der Waals surface area contributed by atoms with Gasteiger partial charge in [-0.05, 0) is 48.4 Å². The van der Waals surface area contributed by atoms with Crippen LogP contribution in [0.3, 0.4) is 0 Å². The summed E-state index contributed by atoms with van der Waals surface area (Å²) in [6, 6.07) is 14.8. The van der Waals surface area contributed by atoms with Crippen molar-refractivity contribution in [3.63, 3.8) is 0 Å². The molecule has 10 heteroatoms. The fourth-order valence-electron chi connectivity index (χ4n) is 4.10. The van der Waals surface area contributed by atoms with Crippen LogP contribution in [-0.4, -0.2) is 35.3 Å². The average molecular weight is 452 g/mol. The van der Waals surface area contributed by atoms with Crippen LogP contribution >= 0.6 is 23.2 Å². The number of fused-ring (bicyclic) bond motifs is 2. The summed E-state index contributed by atoms with van der Waals surface area (Å²) in [4.78, 5) is 20.1. The minimum atomic E-state index is -0.216. The molecule has 1 aliphatic rings. The summed E-state index contributed by atoms with van der Waals surface area (Å²) >= 11 is 12.5. The smallest absolute Gasteiger partial charge is 0.284 e. The van der Waals surface area contributed by atoms with Crippen molar-refractivity contribution < 1.29 is 0 Å². The fraction of sp³-hybridized carbons (Fsp3) is 0.143. The Morgan fingerprint density at radius 1 is 0.935 bits per heavy atom. The zero-order valence-electron chi connectivity index (χ0n) is 16.1. The highest BCUT2D eigenvalue weighted by Crippen LogP contribution is 2.38. The zero-order valence-corrected chi connectivity index (χ0v) is 17.6. The highest BCUT2D eigenvalue weighted by molar-refractivity contribution is 6.33. The average Bonchev–Trinajstić information content (AvgIpc) is 3.35. The van der Waals surface area contributed by atoms with E-state index in [2.05, 4.69) is 15.0 Å². The largest absolute Gasteiger partial charge is 0.344 e. The maximum atomic E-state index is 13.5. The van der Waals surface area contributed by atoms with E-state index in [1.165, 1.54) is 0 Å². The molecule has 0 spiro atoms. The van der Waals surface area contributed by atoms with E-state index >= 15 is 0 Å². The van der Waals surface area contributed by atoms with E-state index in [-0.39, 0.29) is 16.9 Å². The molecule has 5 heterocycles. The van der Waals surface area contributed by atoms with E-state index in [9.17, 15) is 4.79 Å². The van der Waals surface area contributed by atoms with Gasteiger partial charge in [-0.1, -0.05) is 29.8 Å². The second-order valence-electron chi connectivity index (χ2n) is 7.33. The predicted octanol–water partition coefficient (Wildman–Crippen LogP) is 3.79. The summed E-state index contributed by atoms with van der Waals surface area (Å²) in [5, 5.41) is 9.53. The Bertz CT molecular complexity index is 1510. The number of rotatable bonds is 3. The third-order valence-corrected chi connectivity index (χ3v) is 6.08. The molecule has 1 aliphatic heterocycles. The van der Waals surface area contributed by atoms with Gasteiger partial charge in [0.05, 0.1) is 16.8 Å². The standard InChI is InChI=1S/C21H15Cl2N7O/c22-14-8-12-29-17(14)20(31)30(13-5-2-1-3-6-13)19(25-29)15-9-11-27(15)18-16-7-4-10-28(16)26-21(23)24-18/h1-8,10,12,15H,9,11H2/t15-/m0/s1. The Kier molecular flexibility index (Phi) is 4.06. The number of anilines is 1. The number of halogens is 2. The second kappa shape index (κ2) is 6.83. The number of hydrogen-bond acceptors (Lipinski definition) is 5. The molecule has 8 nitrogen and oxygen atoms in total. The molecule has 1 atom stereocenters. The molecule has 0 bridgehead atoms. The van der Waals surface area contributed by atoms with Crippen LogP contribution in [0, 0.1) is 0 Å². The molecule has 0 amide bonds. The molecule has 154 valence electrons. The van der Waals surface area contributed by atoms with Gasteiger partial charge in [-0.3, -0.25) is 9.36 Å². The molecule has 0 aliphatic carbocycles. The van der Waals surface area contributed by atoms with Crippen molar-refractivity contribution in [2.24, 2.45) is 0 Å². The van der Waals surface area contributed by atoms with Gasteiger partial charge in [0.25, 0.3) is 5.56 Å². The monoisotopic (exact) mass is 451 g/mol. The van der Waals surface area contributed by atoms with E-state index in [4.69, 9.17) is 28.3 Å². The highest BCUT2D eigenvalue weighted by Gasteiger charge is 2.36. The maximum Gasteiger partial charge on any atom is 0.284 e. The zero-order chi connectivity index (χ0) is 21.1. The van der Waals surface area contributed by atoms with Crippen molar-refractivity contribution in [2.45, 2.75) is 12.5 Å². The summed E-state index contributed by atoms with van der Waals surface area (Å²) in [5.41, 5.74) is 1.70. The summed E-state index contributed by atoms with van der Waals surface area (Å²) in [7, 11) is 0. The molecule has 1 fully saturated rings. The van der Waals surface area contributed by atoms with E-state index in [1.54, 1.807) is 25.9 Å². The summed E-state index contributed by atoms with van der Waals surface area (Å²) in [6.45, 7) is 0.758. The van der Waals surface area contributed by atoms with Gasteiger partial charge in [0.15, 0.2) is 11.6 Å². The van der Waals surface area contributed by atoms with Gasteiger partial charge >= 0.3 is 0 Å². The van der Waals surface area contributed by atoms with E-state index in [0.29, 0.717) is 22.2 Å². The number of aromatic nitrogens is 6. The maximum absolute atomic E-state index is 13.5. The third-order valence-electron chi connectivity index (χ3n) is 5.61. The molecule has 0 saturated carbocycles. The van der Waals surface area contributed by atoms with Crippen LogP contribution in [-0.2, 0) is 0 Å². The topological polar surface area (TPSA) is 72.7 Å². The lowest BCUT2D eigenvalue weighted by molar-refractivity contribution is 0.423. The summed E-state index contributed by atoms with van der Waals surface area (Å²) in [5.74, 6) is 1.32. The Morgan fingerprint density at radius 2 is 1.77 bits per heavy atom. The second-order valence-corrected chi connectivity index (χ2v) is 8.08. The minimum Gasteiger partial charge on any atom is -0.344 e. The normalized spacial score (nSPS) is 16.2. The Labute approximate surface area is 185 Å². The van der Waals surface area contributed by atoms with E-state index in [0.717, 1.165) is 24.2 Å². The summed E-state index contributed by atoms with van der Waals surface area (Å²) in [6.07, 6.45) is 4.34. The van der Waals surface area contributed by atoms with Crippen molar-refractivity contribution in [3.8, 4) is 5.69 Å². The molecular weight excluding hydrogens is 437 g/mol. The van der Waals surface area contributed by atoms with Crippen LogP contribution in [0.25, 0.3) is 16.7 Å². The Balaban J connectivity index is 1.58. The predicted molar refractivity (Wildman–Crippen MR) is 118 cm³/mol. The van der Waals surface area contributed by atoms with Gasteiger partial charge in [0.1, 0.15) is 11.0 Å². The van der Waals surface area contributed by atoms with E-state index < -0.39 is 0 Å². The SMILES string of the molecule is O=c1c2c(Cl)ccn2nc([C@@H]2CCN2c2nc(Cl)nn3cccc23)n1-c1ccccc1. The first-order chi connectivity index (χ1) is 15.1. The fourth-order valence-corrected chi connectivity index (χ4v) is 4.49. The van der Waals surface area contributed by atoms with Crippen molar-refractivity contribution in [1.29, 1.82) is 0 Å². The lowest BCUT2D eigenvalue weighted by Gasteiger charge is -2.42. The molecule has 0 unspecified atom stereocenters. The molecule has 0 N–H and O–H groups in total. The Morgan fingerprint density at radius 3 is 2.55 bits per heavy atom. The minimum absolute atomic E-state index is 0.158. The van der Waals surface area contributed by atoms with Crippen molar-refractivity contribution in [3.05, 3.63) is 87.4 Å². The van der Waals surface area contributed by atoms with Crippen LogP contribution in [0.4, 0.5) is 5.82 Å². The quantitative estimate of drug-likeness (QED) is 0.417. The molecule has 1 aromatic carbocycles. The molecule has 31 heavy (non-hydrogen) atoms. The molecule has 0 radical (unpaired) electrons. The van der Waals surface area contributed by atoms with Gasteiger partial charge in [-0.25, -0.2) is 9.03 Å². The van der Waals surface area contributed by atoms with Crippen molar-refractivity contribution in [1.82, 2.24) is 28.8 Å². The first kappa shape index (κ1) is 18.4. The van der Waals surface area contributed by atoms with Gasteiger partial charge in [-0.2, -0.15) is 10.1 Å². The Hall–Kier alpha value is -3.36. The van der Waals surface area contributed by atoms with Gasteiger partial charge in [0.2, 0.25) is 5.28 Å². The third kappa shape index (κ3) is 2.75. The first-order valence-corrected chi connectivity index (χ1v) is 10.5. The number of para-hydroxylation sites is 1. The molecule has 4 aromatic heterocycles. The molecule has 1 saturated heterocycles. The van der Waals surface area contributed by atoms with Crippen LogP contribution < -0.4 is 10.5 Å². The van der Waals surface area contributed by atoms with Crippen LogP contribution in [0.2, 0.25) is 10.3 Å². The first-order valence-electron chi connectivity index (χ1n) is 9.74. The van der Waals surface area contributed by atoms with E-state index in [1.807, 2.05) is 48.7 Å². The number of hydrogen-bond donors (Lipinski definition) is 0. The van der Waals surface area contributed by atoms with Gasteiger partial charge in [-0.15, -0.1) is 5.10 Å². The lowest BCUT2D eigenvalue weighted by atomic mass is 10.0. The summed E-state index contributed by atoms with van der Waals surface area (Å²) < 4.78 is 4.89. The van der Waals surface area contributed by atoms with Crippen LogP contribution in [0.5, 0.6) is 0 Å². The molecular formula is C21H15Cl2N7O.